The topological polar surface area (TPSA) is 50.1 Å². The number of hydrogen-bond acceptors (Lipinski definition) is 4. The van der Waals surface area contributed by atoms with Gasteiger partial charge in [-0.25, -0.2) is 0 Å². The average Bonchev–Trinajstić information content (AvgIpc) is 3.00. The van der Waals surface area contributed by atoms with Crippen LogP contribution in [0.5, 0.6) is 0 Å². The third kappa shape index (κ3) is 4.16. The largest absolute Gasteiger partial charge is 0.390 e. The van der Waals surface area contributed by atoms with Crippen LogP contribution in [0, 0.1) is 5.41 Å². The Hall–Kier alpha value is -1.17. The first-order valence-electron chi connectivity index (χ1n) is 6.89. The Bertz CT molecular complexity index is 488. The minimum absolute atomic E-state index is 0.107. The van der Waals surface area contributed by atoms with Gasteiger partial charge in [0.1, 0.15) is 0 Å². The van der Waals surface area contributed by atoms with Gasteiger partial charge in [-0.15, -0.1) is 11.3 Å². The van der Waals surface area contributed by atoms with Crippen molar-refractivity contribution in [2.45, 2.75) is 39.5 Å². The molecule has 0 aliphatic heterocycles. The molecule has 20 heavy (non-hydrogen) atoms. The molecule has 0 bridgehead atoms. The van der Waals surface area contributed by atoms with Gasteiger partial charge in [-0.1, -0.05) is 26.8 Å². The van der Waals surface area contributed by atoms with Gasteiger partial charge >= 0.3 is 0 Å². The van der Waals surface area contributed by atoms with Gasteiger partial charge in [0.2, 0.25) is 0 Å². The van der Waals surface area contributed by atoms with Gasteiger partial charge in [0.15, 0.2) is 0 Å². The molecule has 0 spiro atoms. The summed E-state index contributed by atoms with van der Waals surface area (Å²) in [6.45, 7) is 7.71. The van der Waals surface area contributed by atoms with Crippen LogP contribution in [-0.4, -0.2) is 27.5 Å². The molecule has 5 heteroatoms. The lowest BCUT2D eigenvalue weighted by Gasteiger charge is -2.31. The smallest absolute Gasteiger partial charge is 0.0860 e. The molecular weight excluding hydrogens is 270 g/mol. The first-order chi connectivity index (χ1) is 9.47. The van der Waals surface area contributed by atoms with Gasteiger partial charge in [-0.2, -0.15) is 5.10 Å². The van der Waals surface area contributed by atoms with E-state index >= 15 is 0 Å². The van der Waals surface area contributed by atoms with Crippen LogP contribution < -0.4 is 5.32 Å². The van der Waals surface area contributed by atoms with Crippen molar-refractivity contribution in [1.29, 1.82) is 0 Å². The molecule has 2 heterocycles. The molecule has 2 N–H and O–H groups in total. The summed E-state index contributed by atoms with van der Waals surface area (Å²) in [5, 5.41) is 19.8. The first-order valence-corrected chi connectivity index (χ1v) is 7.77. The van der Waals surface area contributed by atoms with Crippen LogP contribution in [0.2, 0.25) is 0 Å². The lowest BCUT2D eigenvalue weighted by atomic mass is 9.85. The second-order valence-electron chi connectivity index (χ2n) is 6.10. The van der Waals surface area contributed by atoms with E-state index in [9.17, 15) is 5.11 Å². The highest BCUT2D eigenvalue weighted by molar-refractivity contribution is 7.10. The molecule has 110 valence electrons. The number of aromatic nitrogens is 2. The highest BCUT2D eigenvalue weighted by atomic mass is 32.1. The van der Waals surface area contributed by atoms with Crippen molar-refractivity contribution in [3.8, 4) is 0 Å². The molecule has 2 aromatic rings. The third-order valence-corrected chi connectivity index (χ3v) is 4.15. The van der Waals surface area contributed by atoms with Crippen LogP contribution in [0.4, 0.5) is 0 Å². The predicted octanol–water partition coefficient (Wildman–Crippen LogP) is 2.68. The van der Waals surface area contributed by atoms with Gasteiger partial charge in [-0.3, -0.25) is 4.68 Å². The minimum atomic E-state index is -0.445. The van der Waals surface area contributed by atoms with E-state index in [-0.39, 0.29) is 11.5 Å². The molecule has 0 saturated heterocycles. The summed E-state index contributed by atoms with van der Waals surface area (Å²) in [4.78, 5) is 1.31. The SMILES string of the molecule is CC(C)(C)[C@@H](NC[C@H](O)Cn1cccn1)c1cccs1. The van der Waals surface area contributed by atoms with E-state index in [1.165, 1.54) is 4.88 Å². The van der Waals surface area contributed by atoms with Gasteiger partial charge in [0.05, 0.1) is 12.6 Å². The number of aliphatic hydroxyl groups excluding tert-OH is 1. The van der Waals surface area contributed by atoms with E-state index in [1.807, 2.05) is 12.3 Å². The fourth-order valence-corrected chi connectivity index (χ4v) is 3.28. The molecule has 0 aliphatic rings. The monoisotopic (exact) mass is 293 g/mol. The molecule has 2 aromatic heterocycles. The first kappa shape index (κ1) is 15.2. The molecule has 0 aromatic carbocycles. The molecule has 0 fully saturated rings. The molecule has 2 atom stereocenters. The zero-order chi connectivity index (χ0) is 14.6. The Morgan fingerprint density at radius 2 is 2.20 bits per heavy atom. The normalized spacial score (nSPS) is 15.2. The third-order valence-electron chi connectivity index (χ3n) is 3.21. The zero-order valence-electron chi connectivity index (χ0n) is 12.3. The number of nitrogens with zero attached hydrogens (tertiary/aromatic N) is 2. The van der Waals surface area contributed by atoms with Gasteiger partial charge < -0.3 is 10.4 Å². The van der Waals surface area contributed by atoms with Gasteiger partial charge in [0.25, 0.3) is 0 Å². The zero-order valence-corrected chi connectivity index (χ0v) is 13.1. The van der Waals surface area contributed by atoms with E-state index in [1.54, 1.807) is 22.2 Å². The second kappa shape index (κ2) is 6.52. The van der Waals surface area contributed by atoms with E-state index in [0.717, 1.165) is 0 Å². The quantitative estimate of drug-likeness (QED) is 0.861. The number of thiophene rings is 1. The Kier molecular flexibility index (Phi) is 4.96. The van der Waals surface area contributed by atoms with Gasteiger partial charge in [-0.05, 0) is 22.9 Å². The van der Waals surface area contributed by atoms with Crippen LogP contribution in [-0.2, 0) is 6.54 Å². The Balaban J connectivity index is 1.92. The fourth-order valence-electron chi connectivity index (χ4n) is 2.23. The van der Waals surface area contributed by atoms with E-state index < -0.39 is 6.10 Å². The maximum absolute atomic E-state index is 10.1. The summed E-state index contributed by atoms with van der Waals surface area (Å²) in [5.41, 5.74) is 0.107. The molecule has 0 radical (unpaired) electrons. The highest BCUT2D eigenvalue weighted by Crippen LogP contribution is 2.34. The van der Waals surface area contributed by atoms with Crippen LogP contribution in [0.1, 0.15) is 31.7 Å². The lowest BCUT2D eigenvalue weighted by molar-refractivity contribution is 0.132. The van der Waals surface area contributed by atoms with E-state index in [2.05, 4.69) is 48.7 Å². The summed E-state index contributed by atoms with van der Waals surface area (Å²) in [6.07, 6.45) is 3.15. The minimum Gasteiger partial charge on any atom is -0.390 e. The summed E-state index contributed by atoms with van der Waals surface area (Å²) in [6, 6.07) is 6.33. The Morgan fingerprint density at radius 1 is 1.40 bits per heavy atom. The molecule has 0 amide bonds. The molecule has 0 saturated carbocycles. The molecule has 0 aliphatic carbocycles. The number of nitrogens with one attached hydrogen (secondary N) is 1. The maximum Gasteiger partial charge on any atom is 0.0860 e. The summed E-state index contributed by atoms with van der Waals surface area (Å²) >= 11 is 1.75. The van der Waals surface area contributed by atoms with E-state index in [4.69, 9.17) is 0 Å². The van der Waals surface area contributed by atoms with Crippen molar-refractivity contribution in [1.82, 2.24) is 15.1 Å². The maximum atomic E-state index is 10.1. The average molecular weight is 293 g/mol. The van der Waals surface area contributed by atoms with Crippen LogP contribution >= 0.6 is 11.3 Å². The van der Waals surface area contributed by atoms with Crippen molar-refractivity contribution in [3.05, 3.63) is 40.8 Å². The lowest BCUT2D eigenvalue weighted by Crippen LogP contribution is -2.38. The summed E-state index contributed by atoms with van der Waals surface area (Å²) < 4.78 is 1.75. The van der Waals surface area contributed by atoms with Crippen LogP contribution in [0.15, 0.2) is 36.0 Å². The standard InChI is InChI=1S/C15H23N3OS/c1-15(2,3)14(13-6-4-9-20-13)16-10-12(19)11-18-8-5-7-17-18/h4-9,12,14,16,19H,10-11H2,1-3H3/t12-,14-/m0/s1. The van der Waals surface area contributed by atoms with Gasteiger partial charge in [0, 0.05) is 29.9 Å². The van der Waals surface area contributed by atoms with Crippen molar-refractivity contribution in [2.24, 2.45) is 5.41 Å². The van der Waals surface area contributed by atoms with Crippen molar-refractivity contribution in [2.75, 3.05) is 6.54 Å². The number of aliphatic hydroxyl groups is 1. The fraction of sp³-hybridized carbons (Fsp3) is 0.533. The Morgan fingerprint density at radius 3 is 2.75 bits per heavy atom. The van der Waals surface area contributed by atoms with Crippen molar-refractivity contribution < 1.29 is 5.11 Å². The van der Waals surface area contributed by atoms with Crippen LogP contribution in [0.3, 0.4) is 0 Å². The molecular formula is C15H23N3OS. The molecule has 0 unspecified atom stereocenters. The van der Waals surface area contributed by atoms with Crippen molar-refractivity contribution in [3.63, 3.8) is 0 Å². The number of rotatable bonds is 6. The van der Waals surface area contributed by atoms with Crippen LogP contribution in [0.25, 0.3) is 0 Å². The number of hydrogen-bond donors (Lipinski definition) is 2. The highest BCUT2D eigenvalue weighted by Gasteiger charge is 2.27. The van der Waals surface area contributed by atoms with Crippen molar-refractivity contribution >= 4 is 11.3 Å². The second-order valence-corrected chi connectivity index (χ2v) is 7.08. The summed E-state index contributed by atoms with van der Waals surface area (Å²) in [7, 11) is 0. The van der Waals surface area contributed by atoms with E-state index in [0.29, 0.717) is 13.1 Å². The molecule has 4 nitrogen and oxygen atoms in total. The predicted molar refractivity (Wildman–Crippen MR) is 82.8 cm³/mol. The molecule has 2 rings (SSSR count). The summed E-state index contributed by atoms with van der Waals surface area (Å²) in [5.74, 6) is 0. The Labute approximate surface area is 124 Å².